The molecule has 0 unspecified atom stereocenters. The van der Waals surface area contributed by atoms with Gasteiger partial charge in [-0.3, -0.25) is 4.79 Å². The van der Waals surface area contributed by atoms with Crippen LogP contribution in [0.25, 0.3) is 0 Å². The van der Waals surface area contributed by atoms with Gasteiger partial charge in [0.15, 0.2) is 0 Å². The lowest BCUT2D eigenvalue weighted by Gasteiger charge is -2.38. The minimum Gasteiger partial charge on any atom is -0.491 e. The van der Waals surface area contributed by atoms with Crippen LogP contribution in [-0.4, -0.2) is 53.9 Å². The van der Waals surface area contributed by atoms with E-state index in [0.29, 0.717) is 31.2 Å². The molecular formula is C25H33F3N4O4S. The second kappa shape index (κ2) is 9.94. The van der Waals surface area contributed by atoms with Crippen LogP contribution in [0.1, 0.15) is 68.1 Å². The molecule has 12 heteroatoms. The smallest absolute Gasteiger partial charge is 0.416 e. The van der Waals surface area contributed by atoms with E-state index in [0.717, 1.165) is 49.4 Å². The molecule has 2 fully saturated rings. The van der Waals surface area contributed by atoms with Gasteiger partial charge in [-0.05, 0) is 37.0 Å². The first-order chi connectivity index (χ1) is 17.1. The molecule has 37 heavy (non-hydrogen) atoms. The number of amides is 1. The Kier molecular flexibility index (Phi) is 7.37. The number of benzene rings is 1. The number of rotatable bonds is 9. The Labute approximate surface area is 215 Å². The van der Waals surface area contributed by atoms with Gasteiger partial charge in [-0.25, -0.2) is 13.1 Å². The molecule has 0 spiro atoms. The van der Waals surface area contributed by atoms with Gasteiger partial charge in [-0.15, -0.1) is 0 Å². The number of halogens is 3. The molecule has 0 bridgehead atoms. The van der Waals surface area contributed by atoms with Gasteiger partial charge < -0.3 is 10.1 Å². The molecular weight excluding hydrogens is 509 g/mol. The van der Waals surface area contributed by atoms with Gasteiger partial charge in [0, 0.05) is 24.6 Å². The summed E-state index contributed by atoms with van der Waals surface area (Å²) in [6.45, 7) is 6.84. The van der Waals surface area contributed by atoms with Crippen LogP contribution in [0, 0.1) is 5.92 Å². The molecule has 4 rings (SSSR count). The summed E-state index contributed by atoms with van der Waals surface area (Å²) in [7, 11) is -3.42. The number of hydrogen-bond acceptors (Lipinski definition) is 5. The summed E-state index contributed by atoms with van der Waals surface area (Å²) < 4.78 is 72.8. The number of nitrogens with zero attached hydrogens (tertiary/aromatic N) is 3. The van der Waals surface area contributed by atoms with E-state index in [-0.39, 0.29) is 23.3 Å². The monoisotopic (exact) mass is 542 g/mol. The molecule has 1 aliphatic heterocycles. The first-order valence-electron chi connectivity index (χ1n) is 12.3. The highest BCUT2D eigenvalue weighted by Crippen LogP contribution is 2.35. The number of aryl methyl sites for hydroxylation is 1. The van der Waals surface area contributed by atoms with Crippen molar-refractivity contribution in [3.63, 3.8) is 0 Å². The minimum absolute atomic E-state index is 0.0501. The lowest BCUT2D eigenvalue weighted by molar-refractivity contribution is -0.137. The van der Waals surface area contributed by atoms with Gasteiger partial charge in [-0.1, -0.05) is 33.6 Å². The summed E-state index contributed by atoms with van der Waals surface area (Å²) >= 11 is 0. The summed E-state index contributed by atoms with van der Waals surface area (Å²) in [6.07, 6.45) is 0.235. The van der Waals surface area contributed by atoms with Crippen molar-refractivity contribution in [2.75, 3.05) is 24.7 Å². The van der Waals surface area contributed by atoms with Crippen molar-refractivity contribution in [1.82, 2.24) is 14.1 Å². The number of anilines is 1. The average Bonchev–Trinajstić information content (AvgIpc) is 3.48. The Morgan fingerprint density at radius 2 is 1.86 bits per heavy atom. The molecule has 8 nitrogen and oxygen atoms in total. The van der Waals surface area contributed by atoms with E-state index < -0.39 is 33.7 Å². The van der Waals surface area contributed by atoms with E-state index in [4.69, 9.17) is 4.74 Å². The third-order valence-corrected chi connectivity index (χ3v) is 8.07. The van der Waals surface area contributed by atoms with Gasteiger partial charge in [0.2, 0.25) is 10.0 Å². The molecule has 1 saturated heterocycles. The van der Waals surface area contributed by atoms with Crippen molar-refractivity contribution in [3.05, 3.63) is 41.1 Å². The first-order valence-corrected chi connectivity index (χ1v) is 14.2. The van der Waals surface area contributed by atoms with Crippen LogP contribution in [0.5, 0.6) is 5.75 Å². The molecule has 2 aliphatic rings. The van der Waals surface area contributed by atoms with Gasteiger partial charge >= 0.3 is 6.18 Å². The Balaban J connectivity index is 1.59. The Morgan fingerprint density at radius 3 is 2.41 bits per heavy atom. The van der Waals surface area contributed by atoms with E-state index in [9.17, 15) is 26.4 Å². The summed E-state index contributed by atoms with van der Waals surface area (Å²) in [5.41, 5.74) is -0.801. The maximum absolute atomic E-state index is 13.5. The number of ether oxygens (including phenoxy) is 1. The van der Waals surface area contributed by atoms with E-state index in [2.05, 4.69) is 10.4 Å². The number of aromatic nitrogens is 2. The van der Waals surface area contributed by atoms with Gasteiger partial charge in [-0.2, -0.15) is 22.6 Å². The maximum atomic E-state index is 13.5. The molecule has 204 valence electrons. The molecule has 1 atom stereocenters. The Bertz CT molecular complexity index is 1260. The van der Waals surface area contributed by atoms with Gasteiger partial charge in [0.05, 0.1) is 29.1 Å². The minimum atomic E-state index is -4.65. The number of carbonyl (C=O) groups excluding carboxylic acids is 1. The molecule has 2 heterocycles. The summed E-state index contributed by atoms with van der Waals surface area (Å²) in [5.74, 6) is 0.224. The highest BCUT2D eigenvalue weighted by Gasteiger charge is 2.36. The normalized spacial score (nSPS) is 18.9. The predicted octanol–water partition coefficient (Wildman–Crippen LogP) is 4.66. The summed E-state index contributed by atoms with van der Waals surface area (Å²) in [6, 6.07) is 4.02. The van der Waals surface area contributed by atoms with Gasteiger partial charge in [0.25, 0.3) is 5.91 Å². The topological polar surface area (TPSA) is 93.5 Å². The van der Waals surface area contributed by atoms with E-state index in [1.807, 2.05) is 20.8 Å². The van der Waals surface area contributed by atoms with E-state index in [1.165, 1.54) is 4.31 Å². The van der Waals surface area contributed by atoms with Gasteiger partial charge in [0.1, 0.15) is 18.2 Å². The van der Waals surface area contributed by atoms with Crippen molar-refractivity contribution in [2.45, 2.75) is 70.6 Å². The largest absolute Gasteiger partial charge is 0.491 e. The molecule has 2 aromatic rings. The Hall–Kier alpha value is -2.60. The molecule has 1 aromatic carbocycles. The highest BCUT2D eigenvalue weighted by molar-refractivity contribution is 7.88. The van der Waals surface area contributed by atoms with Crippen LogP contribution in [0.3, 0.4) is 0 Å². The van der Waals surface area contributed by atoms with E-state index >= 15 is 0 Å². The second-order valence-electron chi connectivity index (χ2n) is 10.9. The zero-order valence-electron chi connectivity index (χ0n) is 21.4. The fourth-order valence-electron chi connectivity index (χ4n) is 4.17. The maximum Gasteiger partial charge on any atom is 0.416 e. The molecule has 0 radical (unpaired) electrons. The zero-order chi connectivity index (χ0) is 27.2. The predicted molar refractivity (Wildman–Crippen MR) is 133 cm³/mol. The van der Waals surface area contributed by atoms with Crippen LogP contribution in [-0.2, 0) is 28.2 Å². The van der Waals surface area contributed by atoms with Crippen molar-refractivity contribution in [3.8, 4) is 5.75 Å². The number of carbonyl (C=O) groups is 1. The fraction of sp³-hybridized carbons (Fsp3) is 0.600. The average molecular weight is 543 g/mol. The van der Waals surface area contributed by atoms with Crippen molar-refractivity contribution in [1.29, 1.82) is 0 Å². The molecule has 1 aliphatic carbocycles. The lowest BCUT2D eigenvalue weighted by atomic mass is 9.92. The number of alkyl halides is 3. The second-order valence-corrected chi connectivity index (χ2v) is 12.8. The molecule has 1 aromatic heterocycles. The summed E-state index contributed by atoms with van der Waals surface area (Å²) in [4.78, 5) is 13.3. The number of sulfonamides is 1. The standard InChI is InChI=1S/C25H33F3N4O4S/c1-24(2,3)21-14-22(31(30-21)11-9-16-5-6-16)29-23(33)19-13-17(25(26,27)28)7-8-20(19)36-15-18-10-12-32(18)37(4,34)35/h7-8,13-14,16,18H,5-6,9-12,15H2,1-4H3,(H,29,33)/t18-/m0/s1. The molecule has 1 N–H and O–H groups in total. The first kappa shape index (κ1) is 27.4. The van der Waals surface area contributed by atoms with Crippen LogP contribution in [0.2, 0.25) is 0 Å². The zero-order valence-corrected chi connectivity index (χ0v) is 22.2. The third kappa shape index (κ3) is 6.64. The van der Waals surface area contributed by atoms with Crippen LogP contribution >= 0.6 is 0 Å². The molecule has 1 amide bonds. The fourth-order valence-corrected chi connectivity index (χ4v) is 5.31. The highest BCUT2D eigenvalue weighted by atomic mass is 32.2. The van der Waals surface area contributed by atoms with Crippen molar-refractivity contribution in [2.24, 2.45) is 5.92 Å². The van der Waals surface area contributed by atoms with Crippen LogP contribution in [0.4, 0.5) is 19.0 Å². The van der Waals surface area contributed by atoms with Crippen molar-refractivity contribution < 1.29 is 31.1 Å². The van der Waals surface area contributed by atoms with Crippen LogP contribution in [0.15, 0.2) is 24.3 Å². The Morgan fingerprint density at radius 1 is 1.16 bits per heavy atom. The van der Waals surface area contributed by atoms with Crippen molar-refractivity contribution >= 4 is 21.7 Å². The SMILES string of the molecule is CC(C)(C)c1cc(NC(=O)c2cc(C(F)(F)F)ccc2OC[C@@H]2CCN2S(C)(=O)=O)n(CCC2CC2)n1. The quantitative estimate of drug-likeness (QED) is 0.497. The molecule has 1 saturated carbocycles. The van der Waals surface area contributed by atoms with E-state index in [1.54, 1.807) is 10.7 Å². The third-order valence-electron chi connectivity index (χ3n) is 6.73. The van der Waals surface area contributed by atoms with Crippen LogP contribution < -0.4 is 10.1 Å². The number of nitrogens with one attached hydrogen (secondary N) is 1. The number of hydrogen-bond donors (Lipinski definition) is 1. The lowest BCUT2D eigenvalue weighted by Crippen LogP contribution is -2.53. The summed E-state index contributed by atoms with van der Waals surface area (Å²) in [5, 5.41) is 7.38.